The van der Waals surface area contributed by atoms with E-state index < -0.39 is 5.97 Å². The van der Waals surface area contributed by atoms with Crippen LogP contribution < -0.4 is 4.57 Å². The first-order chi connectivity index (χ1) is 9.22. The third kappa shape index (κ3) is 3.04. The van der Waals surface area contributed by atoms with Gasteiger partial charge in [-0.3, -0.25) is 0 Å². The summed E-state index contributed by atoms with van der Waals surface area (Å²) in [4.78, 5) is 23.8. The molecule has 96 valence electrons. The van der Waals surface area contributed by atoms with Gasteiger partial charge in [-0.1, -0.05) is 18.2 Å². The van der Waals surface area contributed by atoms with Crippen molar-refractivity contribution in [2.45, 2.75) is 6.92 Å². The number of benzene rings is 1. The molecular formula is C15H14NO3+. The topological polar surface area (TPSA) is 47.2 Å². The summed E-state index contributed by atoms with van der Waals surface area (Å²) < 4.78 is 6.28. The minimum absolute atomic E-state index is 0.188. The Balaban J connectivity index is 2.29. The molecule has 0 bridgehead atoms. The van der Waals surface area contributed by atoms with Gasteiger partial charge < -0.3 is 4.74 Å². The van der Waals surface area contributed by atoms with Gasteiger partial charge in [-0.2, -0.15) is 0 Å². The van der Waals surface area contributed by atoms with Crippen LogP contribution in [0.5, 0.6) is 0 Å². The summed E-state index contributed by atoms with van der Waals surface area (Å²) in [7, 11) is 0. The van der Waals surface area contributed by atoms with Crippen molar-refractivity contribution >= 4 is 11.9 Å². The fourth-order valence-electron chi connectivity index (χ4n) is 1.67. The molecule has 0 aliphatic heterocycles. The largest absolute Gasteiger partial charge is 0.462 e. The van der Waals surface area contributed by atoms with Crippen molar-refractivity contribution < 1.29 is 18.9 Å². The highest BCUT2D eigenvalue weighted by Gasteiger charge is 2.19. The number of esters is 1. The predicted octanol–water partition coefficient (Wildman–Crippen LogP) is 1.84. The summed E-state index contributed by atoms with van der Waals surface area (Å²) in [5.74, 6) is -0.621. The highest BCUT2D eigenvalue weighted by Crippen LogP contribution is 2.01. The van der Waals surface area contributed by atoms with Crippen LogP contribution in [0.4, 0.5) is 0 Å². The highest BCUT2D eigenvalue weighted by atomic mass is 16.5. The smallest absolute Gasteiger partial charge is 0.424 e. The molecule has 0 spiro atoms. The molecule has 0 saturated carbocycles. The maximum Gasteiger partial charge on any atom is 0.424 e. The Morgan fingerprint density at radius 3 is 2.42 bits per heavy atom. The Morgan fingerprint density at radius 2 is 1.74 bits per heavy atom. The zero-order chi connectivity index (χ0) is 13.7. The van der Waals surface area contributed by atoms with Crippen molar-refractivity contribution in [2.24, 2.45) is 0 Å². The maximum atomic E-state index is 12.2. The van der Waals surface area contributed by atoms with Gasteiger partial charge in [0.15, 0.2) is 12.4 Å². The Kier molecular flexibility index (Phi) is 4.03. The number of carbonyl (C=O) groups is 2. The van der Waals surface area contributed by atoms with Gasteiger partial charge in [0.05, 0.1) is 12.2 Å². The van der Waals surface area contributed by atoms with E-state index in [9.17, 15) is 9.59 Å². The van der Waals surface area contributed by atoms with E-state index >= 15 is 0 Å². The van der Waals surface area contributed by atoms with Crippen LogP contribution in [0.15, 0.2) is 54.9 Å². The Hall–Kier alpha value is -2.49. The van der Waals surface area contributed by atoms with Gasteiger partial charge in [0, 0.05) is 6.07 Å². The second kappa shape index (κ2) is 5.91. The normalized spacial score (nSPS) is 9.95. The number of aromatic nitrogens is 1. The first kappa shape index (κ1) is 13.0. The van der Waals surface area contributed by atoms with Crippen molar-refractivity contribution in [3.8, 4) is 0 Å². The van der Waals surface area contributed by atoms with Gasteiger partial charge in [-0.15, -0.1) is 4.57 Å². The summed E-state index contributed by atoms with van der Waals surface area (Å²) in [6.45, 7) is 2.05. The number of pyridine rings is 1. The van der Waals surface area contributed by atoms with Gasteiger partial charge >= 0.3 is 11.9 Å². The van der Waals surface area contributed by atoms with Crippen LogP contribution >= 0.6 is 0 Å². The molecule has 0 atom stereocenters. The molecular weight excluding hydrogens is 242 g/mol. The Labute approximate surface area is 111 Å². The molecule has 0 amide bonds. The lowest BCUT2D eigenvalue weighted by Crippen LogP contribution is -2.42. The fourth-order valence-corrected chi connectivity index (χ4v) is 1.67. The van der Waals surface area contributed by atoms with Gasteiger partial charge in [0.2, 0.25) is 0 Å². The summed E-state index contributed by atoms with van der Waals surface area (Å²) in [5, 5.41) is 0. The molecule has 0 radical (unpaired) electrons. The number of carbonyl (C=O) groups excluding carboxylic acids is 2. The van der Waals surface area contributed by atoms with E-state index in [4.69, 9.17) is 4.74 Å². The van der Waals surface area contributed by atoms with Crippen molar-refractivity contribution in [3.63, 3.8) is 0 Å². The predicted molar refractivity (Wildman–Crippen MR) is 68.8 cm³/mol. The lowest BCUT2D eigenvalue weighted by atomic mass is 10.2. The number of hydrogen-bond donors (Lipinski definition) is 0. The first-order valence-corrected chi connectivity index (χ1v) is 6.00. The molecule has 0 aliphatic rings. The maximum absolute atomic E-state index is 12.2. The monoisotopic (exact) mass is 256 g/mol. The Bertz CT molecular complexity index is 593. The summed E-state index contributed by atoms with van der Waals surface area (Å²) in [5.41, 5.74) is 0.919. The van der Waals surface area contributed by atoms with E-state index in [0.29, 0.717) is 17.7 Å². The summed E-state index contributed by atoms with van der Waals surface area (Å²) >= 11 is 0. The average Bonchev–Trinajstić information content (AvgIpc) is 2.48. The molecule has 1 aromatic carbocycles. The third-order valence-corrected chi connectivity index (χ3v) is 2.57. The molecule has 0 fully saturated rings. The summed E-state index contributed by atoms with van der Waals surface area (Å²) in [6, 6.07) is 12.2. The first-order valence-electron chi connectivity index (χ1n) is 6.00. The fraction of sp³-hybridized carbons (Fsp3) is 0.133. The second-order valence-corrected chi connectivity index (χ2v) is 3.89. The molecule has 2 aromatic rings. The van der Waals surface area contributed by atoms with Crippen LogP contribution in [-0.4, -0.2) is 18.5 Å². The molecule has 4 nitrogen and oxygen atoms in total. The molecule has 0 saturated heterocycles. The van der Waals surface area contributed by atoms with Gasteiger partial charge in [0.25, 0.3) is 0 Å². The quantitative estimate of drug-likeness (QED) is 0.622. The van der Waals surface area contributed by atoms with E-state index in [2.05, 4.69) is 0 Å². The molecule has 0 aliphatic carbocycles. The average molecular weight is 256 g/mol. The van der Waals surface area contributed by atoms with Crippen LogP contribution in [0, 0.1) is 0 Å². The molecule has 4 heteroatoms. The summed E-state index contributed by atoms with van der Waals surface area (Å²) in [6.07, 6.45) is 3.09. The minimum atomic E-state index is -0.433. The lowest BCUT2D eigenvalue weighted by molar-refractivity contribution is -0.570. The number of nitrogens with zero attached hydrogens (tertiary/aromatic N) is 1. The van der Waals surface area contributed by atoms with E-state index in [-0.39, 0.29) is 5.91 Å². The zero-order valence-corrected chi connectivity index (χ0v) is 10.6. The van der Waals surface area contributed by atoms with Crippen LogP contribution in [0.2, 0.25) is 0 Å². The van der Waals surface area contributed by atoms with Crippen molar-refractivity contribution in [1.82, 2.24) is 0 Å². The van der Waals surface area contributed by atoms with E-state index in [0.717, 1.165) is 0 Å². The second-order valence-electron chi connectivity index (χ2n) is 3.89. The van der Waals surface area contributed by atoms with Gasteiger partial charge in [-0.25, -0.2) is 9.59 Å². The van der Waals surface area contributed by atoms with E-state index in [1.54, 1.807) is 49.5 Å². The van der Waals surface area contributed by atoms with E-state index in [1.807, 2.05) is 6.07 Å². The van der Waals surface area contributed by atoms with Crippen molar-refractivity contribution in [1.29, 1.82) is 0 Å². The molecule has 19 heavy (non-hydrogen) atoms. The SMILES string of the molecule is CCOC(=O)c1ccc[n+](C(=O)c2ccccc2)c1. The molecule has 1 heterocycles. The van der Waals surface area contributed by atoms with Crippen molar-refractivity contribution in [3.05, 3.63) is 66.0 Å². The standard InChI is InChI=1S/C15H14NO3/c1-2-19-15(18)13-9-6-10-16(11-13)14(17)12-7-4-3-5-8-12/h3-11H,2H2,1H3/q+1. The Morgan fingerprint density at radius 1 is 1.05 bits per heavy atom. The van der Waals surface area contributed by atoms with Crippen molar-refractivity contribution in [2.75, 3.05) is 6.61 Å². The zero-order valence-electron chi connectivity index (χ0n) is 10.6. The van der Waals surface area contributed by atoms with Crippen LogP contribution in [0.3, 0.4) is 0 Å². The third-order valence-electron chi connectivity index (χ3n) is 2.57. The molecule has 1 aromatic heterocycles. The molecule has 0 N–H and O–H groups in total. The molecule has 2 rings (SSSR count). The number of ether oxygens (including phenoxy) is 1. The van der Waals surface area contributed by atoms with Crippen LogP contribution in [-0.2, 0) is 4.74 Å². The molecule has 0 unspecified atom stereocenters. The highest BCUT2D eigenvalue weighted by molar-refractivity contribution is 5.90. The minimum Gasteiger partial charge on any atom is -0.462 e. The lowest BCUT2D eigenvalue weighted by Gasteiger charge is -2.00. The number of rotatable bonds is 3. The van der Waals surface area contributed by atoms with Crippen LogP contribution in [0.1, 0.15) is 27.6 Å². The van der Waals surface area contributed by atoms with E-state index in [1.165, 1.54) is 10.8 Å². The van der Waals surface area contributed by atoms with Crippen LogP contribution in [0.25, 0.3) is 0 Å². The van der Waals surface area contributed by atoms with Gasteiger partial charge in [0.1, 0.15) is 5.56 Å². The van der Waals surface area contributed by atoms with Gasteiger partial charge in [-0.05, 0) is 25.1 Å². The number of hydrogen-bond acceptors (Lipinski definition) is 3.